The quantitative estimate of drug-likeness (QED) is 0.711. The van der Waals surface area contributed by atoms with Crippen molar-refractivity contribution in [3.63, 3.8) is 0 Å². The fraction of sp³-hybridized carbons (Fsp3) is 0.348. The Kier molecular flexibility index (Phi) is 5.46. The lowest BCUT2D eigenvalue weighted by Crippen LogP contribution is -2.34. The third-order valence-electron chi connectivity index (χ3n) is 4.84. The van der Waals surface area contributed by atoms with E-state index in [1.165, 1.54) is 4.90 Å². The van der Waals surface area contributed by atoms with E-state index in [1.807, 2.05) is 71.0 Å². The summed E-state index contributed by atoms with van der Waals surface area (Å²) in [5, 5.41) is 8.40. The average Bonchev–Trinajstić information content (AvgIpc) is 2.64. The van der Waals surface area contributed by atoms with Gasteiger partial charge in [-0.3, -0.25) is 9.69 Å². The number of hydrogen-bond acceptors (Lipinski definition) is 4. The van der Waals surface area contributed by atoms with E-state index in [-0.39, 0.29) is 5.56 Å². The van der Waals surface area contributed by atoms with Gasteiger partial charge in [-0.15, -0.1) is 0 Å². The number of H-pyrrole nitrogens is 1. The summed E-state index contributed by atoms with van der Waals surface area (Å²) in [6, 6.07) is 11.6. The Balaban J connectivity index is 1.85. The number of carbonyl (C=O) groups is 1. The second kappa shape index (κ2) is 7.70. The smallest absolute Gasteiger partial charge is 0.414 e. The van der Waals surface area contributed by atoms with Crippen LogP contribution in [0, 0.1) is 13.8 Å². The number of anilines is 1. The predicted molar refractivity (Wildman–Crippen MR) is 116 cm³/mol. The molecule has 6 nitrogen and oxygen atoms in total. The molecule has 0 spiro atoms. The van der Waals surface area contributed by atoms with Gasteiger partial charge in [-0.1, -0.05) is 12.1 Å². The number of amides is 1. The van der Waals surface area contributed by atoms with E-state index < -0.39 is 11.7 Å². The maximum Gasteiger partial charge on any atom is 0.414 e. The van der Waals surface area contributed by atoms with Crippen molar-refractivity contribution in [2.24, 2.45) is 0 Å². The van der Waals surface area contributed by atoms with Crippen molar-refractivity contribution >= 4 is 22.6 Å². The van der Waals surface area contributed by atoms with Crippen LogP contribution in [0.5, 0.6) is 0 Å². The minimum absolute atomic E-state index is 0.179. The molecule has 29 heavy (non-hydrogen) atoms. The Labute approximate surface area is 170 Å². The number of hydrogen-bond donors (Lipinski definition) is 1. The van der Waals surface area contributed by atoms with Crippen LogP contribution in [0.3, 0.4) is 0 Å². The summed E-state index contributed by atoms with van der Waals surface area (Å²) in [5.41, 5.74) is 4.07. The Hall–Kier alpha value is -3.15. The summed E-state index contributed by atoms with van der Waals surface area (Å²) in [6.07, 6.45) is 0.177. The van der Waals surface area contributed by atoms with Gasteiger partial charge >= 0.3 is 6.09 Å². The third kappa shape index (κ3) is 4.65. The maximum atomic E-state index is 12.2. The van der Waals surface area contributed by atoms with E-state index in [4.69, 9.17) is 4.74 Å². The minimum Gasteiger partial charge on any atom is -0.443 e. The van der Waals surface area contributed by atoms with Crippen LogP contribution >= 0.6 is 0 Å². The molecular weight excluding hydrogens is 366 g/mol. The van der Waals surface area contributed by atoms with Crippen LogP contribution in [0.1, 0.15) is 43.2 Å². The Morgan fingerprint density at radius 2 is 1.66 bits per heavy atom. The summed E-state index contributed by atoms with van der Waals surface area (Å²) < 4.78 is 5.40. The van der Waals surface area contributed by atoms with Crippen molar-refractivity contribution in [2.45, 2.75) is 46.6 Å². The fourth-order valence-corrected chi connectivity index (χ4v) is 3.08. The molecule has 0 bridgehead atoms. The molecule has 1 N–H and O–H groups in total. The highest BCUT2D eigenvalue weighted by atomic mass is 16.6. The van der Waals surface area contributed by atoms with Gasteiger partial charge in [0.1, 0.15) is 5.60 Å². The number of rotatable bonds is 3. The van der Waals surface area contributed by atoms with Gasteiger partial charge in [0.25, 0.3) is 5.56 Å². The van der Waals surface area contributed by atoms with Crippen LogP contribution in [0.2, 0.25) is 0 Å². The summed E-state index contributed by atoms with van der Waals surface area (Å²) in [4.78, 5) is 25.9. The average molecular weight is 393 g/mol. The van der Waals surface area contributed by atoms with Gasteiger partial charge in [0.05, 0.1) is 11.1 Å². The molecule has 0 aliphatic heterocycles. The van der Waals surface area contributed by atoms with Crippen molar-refractivity contribution in [1.29, 1.82) is 0 Å². The topological polar surface area (TPSA) is 75.3 Å². The van der Waals surface area contributed by atoms with E-state index in [0.717, 1.165) is 33.5 Å². The number of carbonyl (C=O) groups excluding carboxylic acids is 1. The van der Waals surface area contributed by atoms with Crippen LogP contribution in [0.15, 0.2) is 41.2 Å². The first-order valence-corrected chi connectivity index (χ1v) is 9.59. The number of fused-ring (bicyclic) bond motifs is 1. The van der Waals surface area contributed by atoms with Gasteiger partial charge < -0.3 is 4.74 Å². The molecule has 152 valence electrons. The van der Waals surface area contributed by atoms with Gasteiger partial charge in [-0.2, -0.15) is 5.10 Å². The molecule has 2 aromatic carbocycles. The minimum atomic E-state index is -0.543. The highest BCUT2D eigenvalue weighted by Crippen LogP contribution is 2.22. The molecule has 0 aliphatic rings. The van der Waals surface area contributed by atoms with Crippen molar-refractivity contribution in [2.75, 3.05) is 11.9 Å². The Bertz CT molecular complexity index is 1110. The summed E-state index contributed by atoms with van der Waals surface area (Å²) in [5.74, 6) is 0. The summed E-state index contributed by atoms with van der Waals surface area (Å²) in [6.45, 7) is 9.54. The zero-order chi connectivity index (χ0) is 21.3. The largest absolute Gasteiger partial charge is 0.443 e. The molecule has 1 aromatic heterocycles. The van der Waals surface area contributed by atoms with E-state index >= 15 is 0 Å². The van der Waals surface area contributed by atoms with Gasteiger partial charge in [0, 0.05) is 24.5 Å². The molecule has 0 saturated heterocycles. The third-order valence-corrected chi connectivity index (χ3v) is 4.84. The second-order valence-electron chi connectivity index (χ2n) is 8.36. The Morgan fingerprint density at radius 1 is 1.07 bits per heavy atom. The first kappa shape index (κ1) is 20.6. The molecule has 1 amide bonds. The van der Waals surface area contributed by atoms with Crippen LogP contribution < -0.4 is 10.5 Å². The van der Waals surface area contributed by atoms with E-state index in [0.29, 0.717) is 11.8 Å². The number of nitrogens with zero attached hydrogens (tertiary/aromatic N) is 2. The molecule has 0 atom stereocenters. The molecule has 1 heterocycles. The molecule has 0 saturated carbocycles. The predicted octanol–water partition coefficient (Wildman–Crippen LogP) is 4.50. The highest BCUT2D eigenvalue weighted by Gasteiger charge is 2.20. The lowest BCUT2D eigenvalue weighted by molar-refractivity contribution is 0.0589. The fourth-order valence-electron chi connectivity index (χ4n) is 3.08. The summed E-state index contributed by atoms with van der Waals surface area (Å²) >= 11 is 0. The van der Waals surface area contributed by atoms with Gasteiger partial charge in [-0.05, 0) is 75.6 Å². The monoisotopic (exact) mass is 393 g/mol. The number of nitrogens with one attached hydrogen (secondary N) is 1. The second-order valence-corrected chi connectivity index (χ2v) is 8.36. The molecular formula is C23H27N3O3. The molecule has 0 radical (unpaired) electrons. The molecule has 3 rings (SSSR count). The number of ether oxygens (including phenoxy) is 1. The normalized spacial score (nSPS) is 11.5. The first-order valence-electron chi connectivity index (χ1n) is 9.59. The van der Waals surface area contributed by atoms with Gasteiger partial charge in [-0.25, -0.2) is 9.89 Å². The van der Waals surface area contributed by atoms with E-state index in [1.54, 1.807) is 7.05 Å². The lowest BCUT2D eigenvalue weighted by atomic mass is 10.00. The van der Waals surface area contributed by atoms with Crippen molar-refractivity contribution in [1.82, 2.24) is 10.2 Å². The highest BCUT2D eigenvalue weighted by molar-refractivity contribution is 5.87. The Morgan fingerprint density at radius 3 is 2.24 bits per heavy atom. The van der Waals surface area contributed by atoms with Crippen LogP contribution in [0.25, 0.3) is 10.8 Å². The zero-order valence-corrected chi connectivity index (χ0v) is 17.8. The maximum absolute atomic E-state index is 12.2. The number of benzene rings is 2. The molecule has 3 aromatic rings. The molecule has 6 heteroatoms. The molecule has 0 unspecified atom stereocenters. The number of aromatic nitrogens is 2. The van der Waals surface area contributed by atoms with E-state index in [9.17, 15) is 9.59 Å². The van der Waals surface area contributed by atoms with Gasteiger partial charge in [0.15, 0.2) is 0 Å². The zero-order valence-electron chi connectivity index (χ0n) is 17.8. The van der Waals surface area contributed by atoms with Crippen molar-refractivity contribution in [3.8, 4) is 0 Å². The lowest BCUT2D eigenvalue weighted by Gasteiger charge is -2.24. The van der Waals surface area contributed by atoms with Crippen LogP contribution in [0.4, 0.5) is 10.5 Å². The first-order chi connectivity index (χ1) is 13.5. The number of aromatic amines is 1. The van der Waals surface area contributed by atoms with Crippen LogP contribution in [-0.2, 0) is 11.2 Å². The molecule has 0 aliphatic carbocycles. The van der Waals surface area contributed by atoms with Gasteiger partial charge in [0.2, 0.25) is 0 Å². The SMILES string of the molecule is Cc1cc2c(Cc3ccc(N(C)C(=O)OC(C)(C)C)cc3)n[nH]c(=O)c2cc1C. The van der Waals surface area contributed by atoms with Crippen molar-refractivity contribution in [3.05, 3.63) is 69.1 Å². The standard InChI is InChI=1S/C23H27N3O3/c1-14-11-18-19(12-15(14)2)21(27)25-24-20(18)13-16-7-9-17(10-8-16)26(6)22(28)29-23(3,4)5/h7-12H,13H2,1-6H3,(H,25,27). The number of aryl methyl sites for hydroxylation is 2. The van der Waals surface area contributed by atoms with Crippen LogP contribution in [-0.4, -0.2) is 28.9 Å². The summed E-state index contributed by atoms with van der Waals surface area (Å²) in [7, 11) is 1.69. The van der Waals surface area contributed by atoms with E-state index in [2.05, 4.69) is 10.2 Å². The van der Waals surface area contributed by atoms with Crippen molar-refractivity contribution < 1.29 is 9.53 Å². The molecule has 0 fully saturated rings.